The van der Waals surface area contributed by atoms with E-state index < -0.39 is 0 Å². The number of hydrogen-bond donors (Lipinski definition) is 0. The number of carbonyl (C=O) groups is 1. The van der Waals surface area contributed by atoms with Gasteiger partial charge in [-0.3, -0.25) is 4.79 Å². The lowest BCUT2D eigenvalue weighted by atomic mass is 10.1. The van der Waals surface area contributed by atoms with Crippen LogP contribution in [0, 0.1) is 13.8 Å². The molecule has 0 bridgehead atoms. The monoisotopic (exact) mass is 301 g/mol. The third-order valence-electron chi connectivity index (χ3n) is 4.02. The number of aromatic nitrogens is 2. The second-order valence-corrected chi connectivity index (χ2v) is 5.60. The number of rotatable bonds is 3. The Bertz CT molecular complexity index is 696. The van der Waals surface area contributed by atoms with Crippen LogP contribution in [0.25, 0.3) is 0 Å². The summed E-state index contributed by atoms with van der Waals surface area (Å²) in [5.74, 6) is 2.11. The molecule has 6 heteroatoms. The van der Waals surface area contributed by atoms with Crippen molar-refractivity contribution in [3.63, 3.8) is 0 Å². The van der Waals surface area contributed by atoms with Crippen LogP contribution in [0.1, 0.15) is 40.0 Å². The first-order valence-corrected chi connectivity index (χ1v) is 7.32. The predicted octanol–water partition coefficient (Wildman–Crippen LogP) is 2.32. The van der Waals surface area contributed by atoms with Gasteiger partial charge in [-0.2, -0.15) is 4.98 Å². The Kier molecular flexibility index (Phi) is 3.83. The Hall–Kier alpha value is -2.37. The van der Waals surface area contributed by atoms with E-state index in [0.717, 1.165) is 17.7 Å². The Labute approximate surface area is 129 Å². The number of ether oxygens (including phenoxy) is 1. The summed E-state index contributed by atoms with van der Waals surface area (Å²) in [5.41, 5.74) is 1.66. The number of likely N-dealkylation sites (tertiary alicyclic amines) is 1. The van der Waals surface area contributed by atoms with Crippen LogP contribution in [0.4, 0.5) is 0 Å². The molecule has 3 rings (SSSR count). The SMILES string of the molecule is COc1cc(C(=O)N2CC[C@@H](c3nc(C)no3)C2)ccc1C. The van der Waals surface area contributed by atoms with E-state index in [9.17, 15) is 4.79 Å². The molecule has 0 radical (unpaired) electrons. The fourth-order valence-electron chi connectivity index (χ4n) is 2.76. The number of amides is 1. The van der Waals surface area contributed by atoms with Gasteiger partial charge in [0.15, 0.2) is 5.82 Å². The van der Waals surface area contributed by atoms with Gasteiger partial charge in [-0.25, -0.2) is 0 Å². The lowest BCUT2D eigenvalue weighted by Gasteiger charge is -2.16. The Balaban J connectivity index is 1.74. The minimum atomic E-state index is 0.0111. The van der Waals surface area contributed by atoms with Gasteiger partial charge in [0.25, 0.3) is 5.91 Å². The second kappa shape index (κ2) is 5.79. The second-order valence-electron chi connectivity index (χ2n) is 5.60. The highest BCUT2D eigenvalue weighted by Gasteiger charge is 2.31. The molecule has 1 fully saturated rings. The van der Waals surface area contributed by atoms with Crippen molar-refractivity contribution in [1.29, 1.82) is 0 Å². The average Bonchev–Trinajstić information content (AvgIpc) is 3.15. The highest BCUT2D eigenvalue weighted by molar-refractivity contribution is 5.95. The minimum absolute atomic E-state index is 0.0111. The van der Waals surface area contributed by atoms with Gasteiger partial charge >= 0.3 is 0 Å². The van der Waals surface area contributed by atoms with E-state index in [0.29, 0.717) is 30.4 Å². The number of nitrogens with zero attached hydrogens (tertiary/aromatic N) is 3. The molecule has 1 amide bonds. The third-order valence-corrected chi connectivity index (χ3v) is 4.02. The van der Waals surface area contributed by atoms with Crippen molar-refractivity contribution in [2.24, 2.45) is 0 Å². The van der Waals surface area contributed by atoms with E-state index in [1.54, 1.807) is 20.1 Å². The van der Waals surface area contributed by atoms with Crippen molar-refractivity contribution in [3.8, 4) is 5.75 Å². The van der Waals surface area contributed by atoms with Gasteiger partial charge < -0.3 is 14.2 Å². The Morgan fingerprint density at radius 3 is 2.91 bits per heavy atom. The molecule has 2 heterocycles. The maximum atomic E-state index is 12.6. The summed E-state index contributed by atoms with van der Waals surface area (Å²) in [5, 5.41) is 3.82. The van der Waals surface area contributed by atoms with Gasteiger partial charge in [-0.05, 0) is 38.0 Å². The Morgan fingerprint density at radius 1 is 1.41 bits per heavy atom. The van der Waals surface area contributed by atoms with Crippen LogP contribution >= 0.6 is 0 Å². The molecule has 1 atom stereocenters. The van der Waals surface area contributed by atoms with Gasteiger partial charge in [0.1, 0.15) is 5.75 Å². The van der Waals surface area contributed by atoms with E-state index in [2.05, 4.69) is 10.1 Å². The summed E-state index contributed by atoms with van der Waals surface area (Å²) in [6.07, 6.45) is 0.844. The molecule has 1 aliphatic rings. The van der Waals surface area contributed by atoms with Gasteiger partial charge in [0, 0.05) is 18.7 Å². The highest BCUT2D eigenvalue weighted by Crippen LogP contribution is 2.28. The summed E-state index contributed by atoms with van der Waals surface area (Å²) in [4.78, 5) is 18.7. The van der Waals surface area contributed by atoms with E-state index in [1.165, 1.54) is 0 Å². The minimum Gasteiger partial charge on any atom is -0.496 e. The zero-order valence-electron chi connectivity index (χ0n) is 13.0. The lowest BCUT2D eigenvalue weighted by molar-refractivity contribution is 0.0789. The molecule has 0 saturated carbocycles. The molecule has 1 aromatic carbocycles. The lowest BCUT2D eigenvalue weighted by Crippen LogP contribution is -2.28. The average molecular weight is 301 g/mol. The quantitative estimate of drug-likeness (QED) is 0.870. The molecule has 6 nitrogen and oxygen atoms in total. The fraction of sp³-hybridized carbons (Fsp3) is 0.438. The van der Waals surface area contributed by atoms with Crippen molar-refractivity contribution < 1.29 is 14.1 Å². The number of aryl methyl sites for hydroxylation is 2. The van der Waals surface area contributed by atoms with Crippen LogP contribution in [-0.4, -0.2) is 41.1 Å². The Morgan fingerprint density at radius 2 is 2.23 bits per heavy atom. The molecular formula is C16H19N3O3. The van der Waals surface area contributed by atoms with Gasteiger partial charge in [-0.1, -0.05) is 11.2 Å². The molecule has 2 aromatic rings. The molecule has 0 aliphatic carbocycles. The molecule has 1 saturated heterocycles. The number of hydrogen-bond acceptors (Lipinski definition) is 5. The van der Waals surface area contributed by atoms with E-state index in [4.69, 9.17) is 9.26 Å². The molecule has 0 N–H and O–H groups in total. The smallest absolute Gasteiger partial charge is 0.254 e. The molecule has 0 unspecified atom stereocenters. The molecule has 0 spiro atoms. The van der Waals surface area contributed by atoms with Gasteiger partial charge in [0.2, 0.25) is 5.89 Å². The summed E-state index contributed by atoms with van der Waals surface area (Å²) < 4.78 is 10.5. The van der Waals surface area contributed by atoms with Crippen LogP contribution in [0.15, 0.2) is 22.7 Å². The highest BCUT2D eigenvalue weighted by atomic mass is 16.5. The van der Waals surface area contributed by atoms with Gasteiger partial charge in [-0.15, -0.1) is 0 Å². The van der Waals surface area contributed by atoms with Crippen molar-refractivity contribution in [2.45, 2.75) is 26.2 Å². The van der Waals surface area contributed by atoms with E-state index in [1.807, 2.05) is 24.0 Å². The summed E-state index contributed by atoms with van der Waals surface area (Å²) in [6.45, 7) is 5.05. The van der Waals surface area contributed by atoms with Crippen molar-refractivity contribution in [2.75, 3.05) is 20.2 Å². The molecule has 1 aromatic heterocycles. The van der Waals surface area contributed by atoms with Gasteiger partial charge in [0.05, 0.1) is 13.0 Å². The number of carbonyl (C=O) groups excluding carboxylic acids is 1. The summed E-state index contributed by atoms with van der Waals surface area (Å²) >= 11 is 0. The normalized spacial score (nSPS) is 17.8. The molecule has 116 valence electrons. The standard InChI is InChI=1S/C16H19N3O3/c1-10-4-5-12(8-14(10)21-3)16(20)19-7-6-13(9-19)15-17-11(2)18-22-15/h4-5,8,13H,6-7,9H2,1-3H3/t13-/m1/s1. The number of methoxy groups -OCH3 is 1. The molecule has 22 heavy (non-hydrogen) atoms. The number of benzene rings is 1. The van der Waals surface area contributed by atoms with E-state index in [-0.39, 0.29) is 11.8 Å². The largest absolute Gasteiger partial charge is 0.496 e. The van der Waals surface area contributed by atoms with Crippen LogP contribution in [0.2, 0.25) is 0 Å². The van der Waals surface area contributed by atoms with E-state index >= 15 is 0 Å². The first-order chi connectivity index (χ1) is 10.6. The summed E-state index contributed by atoms with van der Waals surface area (Å²) in [7, 11) is 1.61. The fourth-order valence-corrected chi connectivity index (χ4v) is 2.76. The zero-order valence-corrected chi connectivity index (χ0v) is 13.0. The summed E-state index contributed by atoms with van der Waals surface area (Å²) in [6, 6.07) is 5.53. The van der Waals surface area contributed by atoms with Crippen molar-refractivity contribution >= 4 is 5.91 Å². The van der Waals surface area contributed by atoms with Crippen LogP contribution in [0.3, 0.4) is 0 Å². The third kappa shape index (κ3) is 2.68. The first-order valence-electron chi connectivity index (χ1n) is 7.32. The zero-order chi connectivity index (χ0) is 15.7. The first kappa shape index (κ1) is 14.6. The topological polar surface area (TPSA) is 68.5 Å². The predicted molar refractivity (Wildman–Crippen MR) is 80.0 cm³/mol. The van der Waals surface area contributed by atoms with Crippen molar-refractivity contribution in [3.05, 3.63) is 41.0 Å². The molecular weight excluding hydrogens is 282 g/mol. The maximum absolute atomic E-state index is 12.6. The van der Waals surface area contributed by atoms with Crippen LogP contribution < -0.4 is 4.74 Å². The maximum Gasteiger partial charge on any atom is 0.254 e. The van der Waals surface area contributed by atoms with Crippen LogP contribution in [0.5, 0.6) is 5.75 Å². The molecule has 1 aliphatic heterocycles. The van der Waals surface area contributed by atoms with Crippen molar-refractivity contribution in [1.82, 2.24) is 15.0 Å². The van der Waals surface area contributed by atoms with Crippen LogP contribution in [-0.2, 0) is 0 Å².